The highest BCUT2D eigenvalue weighted by molar-refractivity contribution is 5.85. The topological polar surface area (TPSA) is 117 Å². The van der Waals surface area contributed by atoms with Gasteiger partial charge >= 0.3 is 12.1 Å². The summed E-state index contributed by atoms with van der Waals surface area (Å²) in [6.07, 6.45) is 9.93. The predicted octanol–water partition coefficient (Wildman–Crippen LogP) is 5.41. The minimum atomic E-state index is -1.19. The molecule has 4 atom stereocenters. The Morgan fingerprint density at radius 1 is 0.978 bits per heavy atom. The maximum atomic E-state index is 13.2. The van der Waals surface area contributed by atoms with Crippen molar-refractivity contribution in [3.8, 4) is 0 Å². The van der Waals surface area contributed by atoms with E-state index in [2.05, 4.69) is 22.5 Å². The number of ether oxygens (including phenoxy) is 6. The van der Waals surface area contributed by atoms with Crippen LogP contribution in [0.5, 0.6) is 0 Å². The van der Waals surface area contributed by atoms with Gasteiger partial charge in [0.1, 0.15) is 12.7 Å². The summed E-state index contributed by atoms with van der Waals surface area (Å²) >= 11 is 0. The zero-order valence-electron chi connectivity index (χ0n) is 28.5. The van der Waals surface area contributed by atoms with E-state index in [0.717, 1.165) is 44.6 Å². The summed E-state index contributed by atoms with van der Waals surface area (Å²) in [5.41, 5.74) is 1.33. The summed E-state index contributed by atoms with van der Waals surface area (Å²) in [5, 5.41) is 6.30. The molecule has 1 aromatic rings. The second kappa shape index (κ2) is 18.3. The number of carbonyl (C=O) groups is 2. The summed E-state index contributed by atoms with van der Waals surface area (Å²) in [5.74, 6) is -2.45. The van der Waals surface area contributed by atoms with Crippen LogP contribution in [0.1, 0.15) is 90.5 Å². The lowest BCUT2D eigenvalue weighted by molar-refractivity contribution is -0.277. The molecule has 11 heteroatoms. The Labute approximate surface area is 275 Å². The number of esters is 1. The molecule has 0 bridgehead atoms. The number of anilines is 1. The van der Waals surface area contributed by atoms with Crippen molar-refractivity contribution in [2.24, 2.45) is 0 Å². The van der Waals surface area contributed by atoms with Crippen LogP contribution in [0.3, 0.4) is 0 Å². The van der Waals surface area contributed by atoms with E-state index in [-0.39, 0.29) is 19.0 Å². The van der Waals surface area contributed by atoms with Crippen LogP contribution < -0.4 is 10.6 Å². The third-order valence-corrected chi connectivity index (χ3v) is 8.89. The Hall–Kier alpha value is -2.28. The van der Waals surface area contributed by atoms with E-state index in [4.69, 9.17) is 28.4 Å². The monoisotopic (exact) mass is 647 g/mol. The fourth-order valence-electron chi connectivity index (χ4n) is 6.52. The van der Waals surface area contributed by atoms with Gasteiger partial charge in [0.15, 0.2) is 18.0 Å². The first-order valence-electron chi connectivity index (χ1n) is 17.4. The Balaban J connectivity index is 1.35. The number of carbonyl (C=O) groups excluding carboxylic acids is 2. The molecular formula is C35H57N3O8. The Morgan fingerprint density at radius 3 is 2.37 bits per heavy atom. The van der Waals surface area contributed by atoms with Crippen LogP contribution in [-0.4, -0.2) is 99.9 Å². The average Bonchev–Trinajstić information content (AvgIpc) is 3.71. The van der Waals surface area contributed by atoms with Gasteiger partial charge in [-0.25, -0.2) is 4.79 Å². The number of benzene rings is 1. The van der Waals surface area contributed by atoms with E-state index in [0.29, 0.717) is 18.8 Å². The molecular weight excluding hydrogens is 590 g/mol. The van der Waals surface area contributed by atoms with Gasteiger partial charge in [0, 0.05) is 31.9 Å². The van der Waals surface area contributed by atoms with E-state index in [1.54, 1.807) is 24.3 Å². The number of nitrogens with zero attached hydrogens (tertiary/aromatic N) is 1. The Bertz CT molecular complexity index is 1060. The molecule has 0 saturated carbocycles. The van der Waals surface area contributed by atoms with Crippen molar-refractivity contribution in [3.63, 3.8) is 0 Å². The van der Waals surface area contributed by atoms with Gasteiger partial charge in [-0.15, -0.1) is 0 Å². The summed E-state index contributed by atoms with van der Waals surface area (Å²) in [6, 6.07) is 6.99. The van der Waals surface area contributed by atoms with Crippen molar-refractivity contribution in [1.82, 2.24) is 10.2 Å². The second-order valence-electron chi connectivity index (χ2n) is 13.2. The van der Waals surface area contributed by atoms with Gasteiger partial charge in [0.2, 0.25) is 5.79 Å². The number of methoxy groups -OCH3 is 1. The first-order chi connectivity index (χ1) is 22.2. The lowest BCUT2D eigenvalue weighted by atomic mass is 10.1. The minimum absolute atomic E-state index is 0.158. The second-order valence-corrected chi connectivity index (χ2v) is 13.2. The molecule has 3 saturated heterocycles. The fraction of sp³-hybridized carbons (Fsp3) is 0.771. The van der Waals surface area contributed by atoms with E-state index in [1.165, 1.54) is 58.5 Å². The molecule has 2 N–H and O–H groups in total. The SMILES string of the molecule is CCCCCCCCCCOC[C@@]12O[C@@H](CNCCN3CCCC3)[C@@H](OC(=O)Nc3ccc(CC(=O)OC)cc3)[C@@H]1OC(C)(C)O2. The highest BCUT2D eigenvalue weighted by Gasteiger charge is 2.66. The molecule has 11 nitrogen and oxygen atoms in total. The first kappa shape index (κ1) is 36.6. The molecule has 3 aliphatic rings. The van der Waals surface area contributed by atoms with Crippen molar-refractivity contribution in [2.75, 3.05) is 58.4 Å². The van der Waals surface area contributed by atoms with E-state index in [1.807, 2.05) is 13.8 Å². The average molecular weight is 648 g/mol. The summed E-state index contributed by atoms with van der Waals surface area (Å²) in [7, 11) is 1.36. The predicted molar refractivity (Wildman–Crippen MR) is 176 cm³/mol. The molecule has 1 aromatic carbocycles. The highest BCUT2D eigenvalue weighted by Crippen LogP contribution is 2.46. The quantitative estimate of drug-likeness (QED) is 0.141. The molecule has 0 unspecified atom stereocenters. The zero-order chi connectivity index (χ0) is 32.8. The number of nitrogens with one attached hydrogen (secondary N) is 2. The van der Waals surface area contributed by atoms with Gasteiger partial charge in [0.05, 0.1) is 13.5 Å². The zero-order valence-corrected chi connectivity index (χ0v) is 28.5. The Morgan fingerprint density at radius 2 is 1.67 bits per heavy atom. The molecule has 1 amide bonds. The van der Waals surface area contributed by atoms with Crippen LogP contribution in [-0.2, 0) is 39.6 Å². The molecule has 0 aliphatic carbocycles. The number of rotatable bonds is 20. The molecule has 46 heavy (non-hydrogen) atoms. The molecule has 4 rings (SSSR count). The van der Waals surface area contributed by atoms with E-state index in [9.17, 15) is 9.59 Å². The summed E-state index contributed by atoms with van der Waals surface area (Å²) in [6.45, 7) is 11.2. The standard InChI is InChI=1S/C35H57N3O8/c1-5-6-7-8-9-10-11-14-23-42-26-35-32(45-34(2,3)46-35)31(29(44-35)25-36-19-22-38-20-12-13-21-38)43-33(40)37-28-17-15-27(16-18-28)24-30(39)41-4/h15-18,29,31-32,36H,5-14,19-26H2,1-4H3,(H,37,40)/t29-,31+,32-,35-/m0/s1. The van der Waals surface area contributed by atoms with Crippen molar-refractivity contribution in [2.45, 2.75) is 121 Å². The lowest BCUT2D eigenvalue weighted by Crippen LogP contribution is -2.46. The fourth-order valence-corrected chi connectivity index (χ4v) is 6.52. The van der Waals surface area contributed by atoms with Crippen LogP contribution in [0.25, 0.3) is 0 Å². The number of likely N-dealkylation sites (tertiary alicyclic amines) is 1. The Kier molecular flexibility index (Phi) is 14.6. The van der Waals surface area contributed by atoms with Crippen LogP contribution in [0.2, 0.25) is 0 Å². The van der Waals surface area contributed by atoms with Gasteiger partial charge in [-0.2, -0.15) is 0 Å². The smallest absolute Gasteiger partial charge is 0.412 e. The summed E-state index contributed by atoms with van der Waals surface area (Å²) in [4.78, 5) is 27.3. The highest BCUT2D eigenvalue weighted by atomic mass is 16.9. The van der Waals surface area contributed by atoms with Crippen molar-refractivity contribution in [3.05, 3.63) is 29.8 Å². The minimum Gasteiger partial charge on any atom is -0.469 e. The molecule has 0 spiro atoms. The molecule has 3 fully saturated rings. The van der Waals surface area contributed by atoms with Crippen molar-refractivity contribution in [1.29, 1.82) is 0 Å². The number of hydrogen-bond donors (Lipinski definition) is 2. The van der Waals surface area contributed by atoms with Crippen molar-refractivity contribution < 1.29 is 38.0 Å². The number of unbranched alkanes of at least 4 members (excludes halogenated alkanes) is 7. The number of fused-ring (bicyclic) bond motifs is 1. The maximum absolute atomic E-state index is 13.2. The molecule has 260 valence electrons. The van der Waals surface area contributed by atoms with Crippen LogP contribution >= 0.6 is 0 Å². The summed E-state index contributed by atoms with van der Waals surface area (Å²) < 4.78 is 36.3. The van der Waals surface area contributed by atoms with Gasteiger partial charge in [-0.3, -0.25) is 10.1 Å². The number of hydrogen-bond acceptors (Lipinski definition) is 10. The van der Waals surface area contributed by atoms with Crippen LogP contribution in [0.4, 0.5) is 10.5 Å². The molecule has 0 aromatic heterocycles. The molecule has 3 heterocycles. The maximum Gasteiger partial charge on any atom is 0.412 e. The molecule has 0 radical (unpaired) electrons. The van der Waals surface area contributed by atoms with Crippen molar-refractivity contribution >= 4 is 17.7 Å². The van der Waals surface area contributed by atoms with Crippen LogP contribution in [0.15, 0.2) is 24.3 Å². The molecule has 3 aliphatic heterocycles. The van der Waals surface area contributed by atoms with E-state index < -0.39 is 36.0 Å². The third-order valence-electron chi connectivity index (χ3n) is 8.89. The van der Waals surface area contributed by atoms with Gasteiger partial charge in [-0.1, -0.05) is 64.0 Å². The van der Waals surface area contributed by atoms with E-state index >= 15 is 0 Å². The third kappa shape index (κ3) is 11.2. The van der Waals surface area contributed by atoms with Gasteiger partial charge < -0.3 is 38.6 Å². The normalized spacial score (nSPS) is 25.4. The van der Waals surface area contributed by atoms with Gasteiger partial charge in [-0.05, 0) is 63.9 Å². The first-order valence-corrected chi connectivity index (χ1v) is 17.4. The number of amides is 1. The largest absolute Gasteiger partial charge is 0.469 e. The van der Waals surface area contributed by atoms with Gasteiger partial charge in [0.25, 0.3) is 0 Å². The van der Waals surface area contributed by atoms with Crippen LogP contribution in [0, 0.1) is 0 Å². The lowest BCUT2D eigenvalue weighted by Gasteiger charge is -2.29.